The minimum atomic E-state index is -0.435. The topological polar surface area (TPSA) is 55.1 Å². The molecule has 0 aliphatic carbocycles. The molecule has 0 saturated heterocycles. The summed E-state index contributed by atoms with van der Waals surface area (Å²) in [6, 6.07) is 7.32. The third-order valence-corrected chi connectivity index (χ3v) is 3.16. The maximum absolute atomic E-state index is 11.8. The Bertz CT molecular complexity index is 362. The van der Waals surface area contributed by atoms with Gasteiger partial charge in [-0.3, -0.25) is 4.79 Å². The highest BCUT2D eigenvalue weighted by Gasteiger charge is 2.14. The van der Waals surface area contributed by atoms with E-state index in [4.69, 9.17) is 5.73 Å². The van der Waals surface area contributed by atoms with Gasteiger partial charge in [0.2, 0.25) is 5.91 Å². The molecular weight excluding hydrogens is 232 g/mol. The Morgan fingerprint density at radius 1 is 1.35 bits per heavy atom. The van der Waals surface area contributed by atoms with Crippen LogP contribution >= 0.6 is 11.8 Å². The number of amides is 1. The lowest BCUT2D eigenvalue weighted by molar-refractivity contribution is -0.117. The van der Waals surface area contributed by atoms with Crippen LogP contribution in [0.25, 0.3) is 0 Å². The van der Waals surface area contributed by atoms with E-state index in [9.17, 15) is 4.79 Å². The molecule has 1 rings (SSSR count). The number of benzene rings is 1. The van der Waals surface area contributed by atoms with Gasteiger partial charge in [0.1, 0.15) is 0 Å². The summed E-state index contributed by atoms with van der Waals surface area (Å²) in [6.45, 7) is 4.11. The number of thioether (sulfide) groups is 1. The lowest BCUT2D eigenvalue weighted by atomic mass is 10.0. The van der Waals surface area contributed by atoms with Crippen molar-refractivity contribution in [3.8, 4) is 0 Å². The molecular formula is C13H20N2OS. The van der Waals surface area contributed by atoms with Gasteiger partial charge in [0.15, 0.2) is 0 Å². The Hall–Kier alpha value is -1.00. The third kappa shape index (κ3) is 4.79. The summed E-state index contributed by atoms with van der Waals surface area (Å²) in [4.78, 5) is 12.9. The first-order valence-corrected chi connectivity index (χ1v) is 6.96. The molecule has 3 N–H and O–H groups in total. The van der Waals surface area contributed by atoms with Gasteiger partial charge in [-0.15, -0.1) is 11.8 Å². The number of hydrogen-bond acceptors (Lipinski definition) is 3. The number of nitrogens with one attached hydrogen (secondary N) is 1. The highest BCUT2D eigenvalue weighted by molar-refractivity contribution is 7.98. The van der Waals surface area contributed by atoms with Crippen molar-refractivity contribution >= 4 is 23.4 Å². The summed E-state index contributed by atoms with van der Waals surface area (Å²) in [5, 5.41) is 2.83. The second-order valence-electron chi connectivity index (χ2n) is 4.45. The molecule has 0 saturated carbocycles. The van der Waals surface area contributed by atoms with Gasteiger partial charge in [-0.05, 0) is 42.9 Å². The molecule has 17 heavy (non-hydrogen) atoms. The number of nitrogens with two attached hydrogens (primary N) is 1. The molecule has 1 aromatic carbocycles. The van der Waals surface area contributed by atoms with Gasteiger partial charge < -0.3 is 11.1 Å². The zero-order valence-electron chi connectivity index (χ0n) is 10.6. The van der Waals surface area contributed by atoms with Gasteiger partial charge in [0.05, 0.1) is 6.04 Å². The molecule has 0 heterocycles. The summed E-state index contributed by atoms with van der Waals surface area (Å²) < 4.78 is 0. The molecule has 0 aromatic heterocycles. The standard InChI is InChI=1S/C13H20N2OS/c1-9(2)8-12(14)13(16)15-10-4-6-11(17-3)7-5-10/h4-7,9,12H,8,14H2,1-3H3,(H,15,16)/t12-/m1/s1. The van der Waals surface area contributed by atoms with E-state index in [2.05, 4.69) is 19.2 Å². The van der Waals surface area contributed by atoms with Crippen molar-refractivity contribution in [1.82, 2.24) is 0 Å². The first kappa shape index (κ1) is 14.1. The second kappa shape index (κ2) is 6.67. The van der Waals surface area contributed by atoms with Gasteiger partial charge in [0.25, 0.3) is 0 Å². The Morgan fingerprint density at radius 2 is 1.94 bits per heavy atom. The van der Waals surface area contributed by atoms with E-state index in [-0.39, 0.29) is 5.91 Å². The SMILES string of the molecule is CSc1ccc(NC(=O)[C@H](N)CC(C)C)cc1. The monoisotopic (exact) mass is 252 g/mol. The van der Waals surface area contributed by atoms with Crippen LogP contribution in [0.4, 0.5) is 5.69 Å². The molecule has 4 heteroatoms. The summed E-state index contributed by atoms with van der Waals surface area (Å²) >= 11 is 1.67. The second-order valence-corrected chi connectivity index (χ2v) is 5.33. The van der Waals surface area contributed by atoms with E-state index in [1.165, 1.54) is 4.90 Å². The first-order chi connectivity index (χ1) is 8.02. The average Bonchev–Trinajstić information content (AvgIpc) is 2.29. The van der Waals surface area contributed by atoms with Crippen LogP contribution in [-0.4, -0.2) is 18.2 Å². The predicted molar refractivity (Wildman–Crippen MR) is 74.3 cm³/mol. The Balaban J connectivity index is 2.55. The molecule has 1 atom stereocenters. The first-order valence-electron chi connectivity index (χ1n) is 5.73. The molecule has 0 fully saturated rings. The minimum absolute atomic E-state index is 0.115. The summed E-state index contributed by atoms with van der Waals surface area (Å²) in [5.74, 6) is 0.310. The van der Waals surface area contributed by atoms with Crippen LogP contribution in [0.5, 0.6) is 0 Å². The van der Waals surface area contributed by atoms with Crippen LogP contribution in [0.2, 0.25) is 0 Å². The van der Waals surface area contributed by atoms with Crippen LogP contribution in [0.1, 0.15) is 20.3 Å². The maximum Gasteiger partial charge on any atom is 0.241 e. The molecule has 0 aliphatic heterocycles. The minimum Gasteiger partial charge on any atom is -0.325 e. The van der Waals surface area contributed by atoms with Crippen molar-refractivity contribution < 1.29 is 4.79 Å². The van der Waals surface area contributed by atoms with E-state index in [1.54, 1.807) is 11.8 Å². The van der Waals surface area contributed by atoms with E-state index in [0.29, 0.717) is 12.3 Å². The highest BCUT2D eigenvalue weighted by Crippen LogP contribution is 2.17. The van der Waals surface area contributed by atoms with Gasteiger partial charge in [-0.1, -0.05) is 13.8 Å². The summed E-state index contributed by atoms with van der Waals surface area (Å²) in [5.41, 5.74) is 6.60. The number of rotatable bonds is 5. The number of hydrogen-bond donors (Lipinski definition) is 2. The number of carbonyl (C=O) groups is 1. The van der Waals surface area contributed by atoms with Crippen LogP contribution in [0.15, 0.2) is 29.2 Å². The number of anilines is 1. The number of carbonyl (C=O) groups excluding carboxylic acids is 1. The van der Waals surface area contributed by atoms with Gasteiger partial charge in [0, 0.05) is 10.6 Å². The summed E-state index contributed by atoms with van der Waals surface area (Å²) in [7, 11) is 0. The molecule has 3 nitrogen and oxygen atoms in total. The molecule has 94 valence electrons. The normalized spacial score (nSPS) is 12.5. The van der Waals surface area contributed by atoms with E-state index >= 15 is 0 Å². The third-order valence-electron chi connectivity index (χ3n) is 2.42. The smallest absolute Gasteiger partial charge is 0.241 e. The molecule has 1 aromatic rings. The van der Waals surface area contributed by atoms with Gasteiger partial charge in [-0.2, -0.15) is 0 Å². The van der Waals surface area contributed by atoms with Gasteiger partial charge in [-0.25, -0.2) is 0 Å². The Morgan fingerprint density at radius 3 is 2.41 bits per heavy atom. The van der Waals surface area contributed by atoms with Crippen molar-refractivity contribution in [3.63, 3.8) is 0 Å². The van der Waals surface area contributed by atoms with Crippen molar-refractivity contribution in [1.29, 1.82) is 0 Å². The van der Waals surface area contributed by atoms with Crippen molar-refractivity contribution in [3.05, 3.63) is 24.3 Å². The molecule has 0 radical (unpaired) electrons. The highest BCUT2D eigenvalue weighted by atomic mass is 32.2. The largest absolute Gasteiger partial charge is 0.325 e. The Kier molecular flexibility index (Phi) is 5.51. The van der Waals surface area contributed by atoms with Crippen LogP contribution in [0.3, 0.4) is 0 Å². The van der Waals surface area contributed by atoms with Crippen molar-refractivity contribution in [2.45, 2.75) is 31.2 Å². The van der Waals surface area contributed by atoms with E-state index in [1.807, 2.05) is 30.5 Å². The quantitative estimate of drug-likeness (QED) is 0.792. The summed E-state index contributed by atoms with van der Waals surface area (Å²) in [6.07, 6.45) is 2.72. The zero-order valence-corrected chi connectivity index (χ0v) is 11.4. The molecule has 0 bridgehead atoms. The van der Waals surface area contributed by atoms with Crippen LogP contribution in [-0.2, 0) is 4.79 Å². The lowest BCUT2D eigenvalue weighted by Crippen LogP contribution is -2.36. The fourth-order valence-corrected chi connectivity index (χ4v) is 1.93. The van der Waals surface area contributed by atoms with E-state index in [0.717, 1.165) is 5.69 Å². The predicted octanol–water partition coefficient (Wildman–Crippen LogP) is 2.72. The molecule has 0 spiro atoms. The van der Waals surface area contributed by atoms with Crippen LogP contribution < -0.4 is 11.1 Å². The fraction of sp³-hybridized carbons (Fsp3) is 0.462. The average molecular weight is 252 g/mol. The molecule has 0 aliphatic rings. The molecule has 1 amide bonds. The van der Waals surface area contributed by atoms with Crippen molar-refractivity contribution in [2.75, 3.05) is 11.6 Å². The van der Waals surface area contributed by atoms with Crippen LogP contribution in [0, 0.1) is 5.92 Å². The zero-order chi connectivity index (χ0) is 12.8. The fourth-order valence-electron chi connectivity index (χ4n) is 1.52. The Labute approximate surface area is 107 Å². The van der Waals surface area contributed by atoms with Gasteiger partial charge >= 0.3 is 0 Å². The lowest BCUT2D eigenvalue weighted by Gasteiger charge is -2.14. The van der Waals surface area contributed by atoms with Crippen molar-refractivity contribution in [2.24, 2.45) is 11.7 Å². The molecule has 0 unspecified atom stereocenters. The van der Waals surface area contributed by atoms with E-state index < -0.39 is 6.04 Å². The maximum atomic E-state index is 11.8.